The van der Waals surface area contributed by atoms with Crippen LogP contribution in [0.5, 0.6) is 5.75 Å². The van der Waals surface area contributed by atoms with Gasteiger partial charge in [-0.05, 0) is 87.6 Å². The summed E-state index contributed by atoms with van der Waals surface area (Å²) in [6, 6.07) is 4.95. The second-order valence-electron chi connectivity index (χ2n) is 6.20. The molecule has 1 aliphatic carbocycles. The van der Waals surface area contributed by atoms with Crippen LogP contribution in [0.1, 0.15) is 45.6 Å². The van der Waals surface area contributed by atoms with E-state index in [1.807, 2.05) is 6.92 Å². The Hall–Kier alpha value is -0.0600. The lowest BCUT2D eigenvalue weighted by molar-refractivity contribution is 0.227. The van der Waals surface area contributed by atoms with Gasteiger partial charge in [0.1, 0.15) is 5.75 Å². The fourth-order valence-corrected chi connectivity index (χ4v) is 4.72. The van der Waals surface area contributed by atoms with Crippen LogP contribution in [-0.4, -0.2) is 12.6 Å². The Balaban J connectivity index is 1.97. The maximum atomic E-state index is 5.63. The molecule has 1 aromatic carbocycles. The van der Waals surface area contributed by atoms with Crippen molar-refractivity contribution in [2.75, 3.05) is 6.61 Å². The van der Waals surface area contributed by atoms with E-state index in [9.17, 15) is 0 Å². The van der Waals surface area contributed by atoms with Gasteiger partial charge in [-0.3, -0.25) is 0 Å². The minimum Gasteiger partial charge on any atom is -0.492 e. The van der Waals surface area contributed by atoms with Crippen molar-refractivity contribution in [2.24, 2.45) is 11.8 Å². The van der Waals surface area contributed by atoms with E-state index in [4.69, 9.17) is 4.74 Å². The molecule has 0 amide bonds. The molecule has 1 aliphatic rings. The van der Waals surface area contributed by atoms with Crippen molar-refractivity contribution < 1.29 is 4.74 Å². The van der Waals surface area contributed by atoms with Crippen LogP contribution in [0.4, 0.5) is 0 Å². The Bertz CT molecular complexity index is 455. The third-order valence-corrected chi connectivity index (χ3v) is 5.52. The Kier molecular flexibility index (Phi) is 6.57. The fraction of sp³-hybridized carbons (Fsp3) is 0.647. The van der Waals surface area contributed by atoms with Crippen molar-refractivity contribution >= 4 is 31.9 Å². The quantitative estimate of drug-likeness (QED) is 0.679. The molecule has 1 N–H and O–H groups in total. The van der Waals surface area contributed by atoms with E-state index in [0.29, 0.717) is 12.6 Å². The maximum Gasteiger partial charge on any atom is 0.147 e. The van der Waals surface area contributed by atoms with Gasteiger partial charge in [0, 0.05) is 12.6 Å². The number of halogens is 2. The summed E-state index contributed by atoms with van der Waals surface area (Å²) in [7, 11) is 0. The highest BCUT2D eigenvalue weighted by Gasteiger charge is 2.24. The van der Waals surface area contributed by atoms with Gasteiger partial charge in [-0.1, -0.05) is 13.8 Å². The summed E-state index contributed by atoms with van der Waals surface area (Å²) >= 11 is 7.20. The number of rotatable bonds is 5. The average molecular weight is 419 g/mol. The highest BCUT2D eigenvalue weighted by atomic mass is 79.9. The molecule has 3 atom stereocenters. The van der Waals surface area contributed by atoms with E-state index >= 15 is 0 Å². The van der Waals surface area contributed by atoms with Crippen LogP contribution in [0.3, 0.4) is 0 Å². The third-order valence-electron chi connectivity index (χ3n) is 4.35. The van der Waals surface area contributed by atoms with Crippen molar-refractivity contribution in [3.05, 3.63) is 26.6 Å². The molecule has 118 valence electrons. The van der Waals surface area contributed by atoms with Crippen molar-refractivity contribution in [1.29, 1.82) is 0 Å². The van der Waals surface area contributed by atoms with Crippen molar-refractivity contribution in [2.45, 2.75) is 52.6 Å². The largest absolute Gasteiger partial charge is 0.492 e. The first-order valence-electron chi connectivity index (χ1n) is 7.85. The average Bonchev–Trinajstić information content (AvgIpc) is 2.42. The van der Waals surface area contributed by atoms with Crippen LogP contribution < -0.4 is 10.1 Å². The van der Waals surface area contributed by atoms with Crippen LogP contribution >= 0.6 is 31.9 Å². The van der Waals surface area contributed by atoms with Gasteiger partial charge >= 0.3 is 0 Å². The van der Waals surface area contributed by atoms with Gasteiger partial charge < -0.3 is 10.1 Å². The van der Waals surface area contributed by atoms with Gasteiger partial charge in [-0.2, -0.15) is 0 Å². The fourth-order valence-electron chi connectivity index (χ4n) is 3.21. The van der Waals surface area contributed by atoms with E-state index in [0.717, 1.165) is 33.1 Å². The maximum absolute atomic E-state index is 5.63. The van der Waals surface area contributed by atoms with Gasteiger partial charge in [0.2, 0.25) is 0 Å². The van der Waals surface area contributed by atoms with Crippen LogP contribution in [0.15, 0.2) is 21.1 Å². The Morgan fingerprint density at radius 1 is 1.19 bits per heavy atom. The van der Waals surface area contributed by atoms with E-state index in [-0.39, 0.29) is 0 Å². The molecule has 3 unspecified atom stereocenters. The molecule has 0 aromatic heterocycles. The summed E-state index contributed by atoms with van der Waals surface area (Å²) in [6.45, 7) is 8.32. The summed E-state index contributed by atoms with van der Waals surface area (Å²) in [5, 5.41) is 3.73. The Morgan fingerprint density at radius 2 is 1.86 bits per heavy atom. The minimum absolute atomic E-state index is 0.644. The summed E-state index contributed by atoms with van der Waals surface area (Å²) in [5.41, 5.74) is 1.28. The number of ether oxygens (including phenoxy) is 1. The molecule has 1 fully saturated rings. The molecule has 0 radical (unpaired) electrons. The molecule has 21 heavy (non-hydrogen) atoms. The highest BCUT2D eigenvalue weighted by molar-refractivity contribution is 9.11. The summed E-state index contributed by atoms with van der Waals surface area (Å²) in [6.07, 6.45) is 3.98. The van der Waals surface area contributed by atoms with Gasteiger partial charge in [0.25, 0.3) is 0 Å². The zero-order valence-electron chi connectivity index (χ0n) is 13.1. The zero-order valence-corrected chi connectivity index (χ0v) is 16.3. The van der Waals surface area contributed by atoms with Crippen molar-refractivity contribution in [1.82, 2.24) is 5.32 Å². The molecule has 1 saturated carbocycles. The molecular formula is C17H25Br2NO. The monoisotopic (exact) mass is 417 g/mol. The van der Waals surface area contributed by atoms with Crippen LogP contribution in [0.25, 0.3) is 0 Å². The Morgan fingerprint density at radius 3 is 2.43 bits per heavy atom. The van der Waals surface area contributed by atoms with Crippen molar-refractivity contribution in [3.8, 4) is 5.75 Å². The predicted octanol–water partition coefficient (Wildman–Crippen LogP) is 5.52. The highest BCUT2D eigenvalue weighted by Crippen LogP contribution is 2.35. The summed E-state index contributed by atoms with van der Waals surface area (Å²) < 4.78 is 7.66. The smallest absolute Gasteiger partial charge is 0.147 e. The van der Waals surface area contributed by atoms with E-state index < -0.39 is 0 Å². The van der Waals surface area contributed by atoms with Gasteiger partial charge in [-0.15, -0.1) is 0 Å². The standard InChI is InChI=1S/C17H25Br2NO/c1-4-21-17-14(18)8-13(9-15(17)19)10-20-16-6-5-11(2)7-12(16)3/h8-9,11-12,16,20H,4-7,10H2,1-3H3. The number of hydrogen-bond donors (Lipinski definition) is 1. The second-order valence-corrected chi connectivity index (χ2v) is 7.91. The molecule has 1 aromatic rings. The first-order valence-corrected chi connectivity index (χ1v) is 9.44. The minimum atomic E-state index is 0.644. The summed E-state index contributed by atoms with van der Waals surface area (Å²) in [4.78, 5) is 0. The molecule has 0 bridgehead atoms. The molecule has 2 rings (SSSR count). The van der Waals surface area contributed by atoms with E-state index in [2.05, 4.69) is 63.2 Å². The first kappa shape index (κ1) is 17.3. The van der Waals surface area contributed by atoms with Crippen LogP contribution in [0, 0.1) is 11.8 Å². The normalized spacial score (nSPS) is 25.9. The first-order chi connectivity index (χ1) is 10.0. The van der Waals surface area contributed by atoms with Crippen molar-refractivity contribution in [3.63, 3.8) is 0 Å². The lowest BCUT2D eigenvalue weighted by Gasteiger charge is -2.33. The molecule has 0 heterocycles. The Labute approximate surface area is 145 Å². The molecule has 0 spiro atoms. The lowest BCUT2D eigenvalue weighted by atomic mass is 9.80. The third kappa shape index (κ3) is 4.70. The lowest BCUT2D eigenvalue weighted by Crippen LogP contribution is -2.38. The predicted molar refractivity (Wildman–Crippen MR) is 95.8 cm³/mol. The molecular weight excluding hydrogens is 394 g/mol. The van der Waals surface area contributed by atoms with Gasteiger partial charge in [0.15, 0.2) is 0 Å². The van der Waals surface area contributed by atoms with E-state index in [1.165, 1.54) is 24.8 Å². The van der Waals surface area contributed by atoms with E-state index in [1.54, 1.807) is 0 Å². The summed E-state index contributed by atoms with van der Waals surface area (Å²) in [5.74, 6) is 2.54. The SMILES string of the molecule is CCOc1c(Br)cc(CNC2CCC(C)CC2C)cc1Br. The molecule has 0 saturated heterocycles. The van der Waals surface area contributed by atoms with Gasteiger partial charge in [-0.25, -0.2) is 0 Å². The number of benzene rings is 1. The topological polar surface area (TPSA) is 21.3 Å². The number of nitrogens with one attached hydrogen (secondary N) is 1. The van der Waals surface area contributed by atoms with Gasteiger partial charge in [0.05, 0.1) is 15.6 Å². The molecule has 4 heteroatoms. The van der Waals surface area contributed by atoms with Crippen LogP contribution in [-0.2, 0) is 6.54 Å². The second kappa shape index (κ2) is 7.98. The number of hydrogen-bond acceptors (Lipinski definition) is 2. The zero-order chi connectivity index (χ0) is 15.4. The molecule has 2 nitrogen and oxygen atoms in total. The molecule has 0 aliphatic heterocycles. The van der Waals surface area contributed by atoms with Crippen LogP contribution in [0.2, 0.25) is 0 Å².